The molecule has 132 valence electrons. The minimum atomic E-state index is -0.679. The monoisotopic (exact) mass is 469 g/mol. The van der Waals surface area contributed by atoms with Crippen molar-refractivity contribution in [2.24, 2.45) is 4.99 Å². The topological polar surface area (TPSA) is 53.5 Å². The summed E-state index contributed by atoms with van der Waals surface area (Å²) in [5.41, 5.74) is 0. The standard InChI is InChI=1S/C16H27N3OS2.HI/c1-3-17-16(18-12-14-8-6-10-21-14)19-13-7-5-9-15(11-13)22(20)4-2;/h6,8,10,13,15H,3-5,7,9,11-12H2,1-2H3,(H2,17,18,19);1H. The summed E-state index contributed by atoms with van der Waals surface area (Å²) >= 11 is 1.73. The lowest BCUT2D eigenvalue weighted by Gasteiger charge is -2.30. The fourth-order valence-corrected chi connectivity index (χ4v) is 4.80. The predicted octanol–water partition coefficient (Wildman–Crippen LogP) is 3.50. The maximum atomic E-state index is 12.0. The molecule has 2 N–H and O–H groups in total. The molecule has 1 fully saturated rings. The Morgan fingerprint density at radius 1 is 1.43 bits per heavy atom. The summed E-state index contributed by atoms with van der Waals surface area (Å²) in [6, 6.07) is 4.55. The van der Waals surface area contributed by atoms with Crippen LogP contribution < -0.4 is 10.6 Å². The van der Waals surface area contributed by atoms with E-state index in [9.17, 15) is 4.21 Å². The van der Waals surface area contributed by atoms with Crippen LogP contribution in [0.3, 0.4) is 0 Å². The smallest absolute Gasteiger partial charge is 0.191 e. The second-order valence-corrected chi connectivity index (χ2v) is 8.61. The molecule has 0 spiro atoms. The summed E-state index contributed by atoms with van der Waals surface area (Å²) in [6.45, 7) is 5.66. The molecule has 3 atom stereocenters. The first-order chi connectivity index (χ1) is 10.7. The average Bonchev–Trinajstić information content (AvgIpc) is 3.06. The van der Waals surface area contributed by atoms with Crippen LogP contribution in [0.2, 0.25) is 0 Å². The molecule has 1 aromatic heterocycles. The van der Waals surface area contributed by atoms with Gasteiger partial charge in [-0.15, -0.1) is 35.3 Å². The lowest BCUT2D eigenvalue weighted by atomic mass is 9.95. The van der Waals surface area contributed by atoms with Crippen molar-refractivity contribution in [2.75, 3.05) is 12.3 Å². The Labute approximate surface area is 163 Å². The third kappa shape index (κ3) is 7.09. The second kappa shape index (κ2) is 11.4. The molecular weight excluding hydrogens is 441 g/mol. The van der Waals surface area contributed by atoms with Gasteiger partial charge >= 0.3 is 0 Å². The zero-order chi connectivity index (χ0) is 15.8. The van der Waals surface area contributed by atoms with E-state index >= 15 is 0 Å². The van der Waals surface area contributed by atoms with E-state index in [0.29, 0.717) is 17.8 Å². The summed E-state index contributed by atoms with van der Waals surface area (Å²) < 4.78 is 12.0. The van der Waals surface area contributed by atoms with Crippen molar-refractivity contribution in [1.29, 1.82) is 0 Å². The SMILES string of the molecule is CCNC(=NCc1cccs1)NC1CCCC(S(=O)CC)C1.I. The zero-order valence-corrected chi connectivity index (χ0v) is 17.9. The van der Waals surface area contributed by atoms with E-state index in [-0.39, 0.29) is 24.0 Å². The Morgan fingerprint density at radius 3 is 2.91 bits per heavy atom. The van der Waals surface area contributed by atoms with Gasteiger partial charge in [-0.3, -0.25) is 4.21 Å². The molecule has 7 heteroatoms. The number of hydrogen-bond donors (Lipinski definition) is 2. The van der Waals surface area contributed by atoms with E-state index in [1.807, 2.05) is 6.92 Å². The van der Waals surface area contributed by atoms with Crippen LogP contribution in [0.1, 0.15) is 44.4 Å². The molecule has 2 rings (SSSR count). The molecule has 1 saturated carbocycles. The van der Waals surface area contributed by atoms with Gasteiger partial charge in [0.15, 0.2) is 5.96 Å². The van der Waals surface area contributed by atoms with Crippen LogP contribution in [0, 0.1) is 0 Å². The van der Waals surface area contributed by atoms with Gasteiger partial charge in [0, 0.05) is 39.3 Å². The number of nitrogens with zero attached hydrogens (tertiary/aromatic N) is 1. The van der Waals surface area contributed by atoms with E-state index in [1.165, 1.54) is 4.88 Å². The van der Waals surface area contributed by atoms with Gasteiger partial charge in [-0.1, -0.05) is 19.4 Å². The molecule has 0 aliphatic heterocycles. The maximum Gasteiger partial charge on any atom is 0.191 e. The molecule has 3 unspecified atom stereocenters. The quantitative estimate of drug-likeness (QED) is 0.381. The molecule has 4 nitrogen and oxygen atoms in total. The Balaban J connectivity index is 0.00000264. The van der Waals surface area contributed by atoms with E-state index < -0.39 is 10.8 Å². The summed E-state index contributed by atoms with van der Waals surface area (Å²) in [5, 5.41) is 9.28. The van der Waals surface area contributed by atoms with Gasteiger partial charge in [0.1, 0.15) is 0 Å². The van der Waals surface area contributed by atoms with Crippen LogP contribution in [-0.4, -0.2) is 33.8 Å². The fourth-order valence-electron chi connectivity index (χ4n) is 2.82. The Bertz CT molecular complexity index is 494. The largest absolute Gasteiger partial charge is 0.357 e. The molecule has 1 aliphatic rings. The molecule has 0 radical (unpaired) electrons. The Morgan fingerprint density at radius 2 is 2.26 bits per heavy atom. The number of nitrogens with one attached hydrogen (secondary N) is 2. The summed E-state index contributed by atoms with van der Waals surface area (Å²) in [4.78, 5) is 5.94. The molecule has 0 aromatic carbocycles. The first-order valence-electron chi connectivity index (χ1n) is 8.17. The van der Waals surface area contributed by atoms with E-state index in [1.54, 1.807) is 11.3 Å². The highest BCUT2D eigenvalue weighted by molar-refractivity contribution is 14.0. The normalized spacial score (nSPS) is 23.0. The van der Waals surface area contributed by atoms with Gasteiger partial charge < -0.3 is 10.6 Å². The average molecular weight is 469 g/mol. The van der Waals surface area contributed by atoms with Crippen LogP contribution >= 0.6 is 35.3 Å². The molecule has 0 bridgehead atoms. The van der Waals surface area contributed by atoms with Gasteiger partial charge in [0.2, 0.25) is 0 Å². The third-order valence-corrected chi connectivity index (χ3v) is 6.54. The maximum absolute atomic E-state index is 12.0. The highest BCUT2D eigenvalue weighted by Gasteiger charge is 2.25. The van der Waals surface area contributed by atoms with Crippen molar-refractivity contribution in [3.8, 4) is 0 Å². The summed E-state index contributed by atoms with van der Waals surface area (Å²) in [6.07, 6.45) is 4.38. The third-order valence-electron chi connectivity index (χ3n) is 3.94. The van der Waals surface area contributed by atoms with Gasteiger partial charge in [-0.2, -0.15) is 0 Å². The van der Waals surface area contributed by atoms with Gasteiger partial charge in [-0.05, 0) is 37.6 Å². The van der Waals surface area contributed by atoms with Crippen LogP contribution in [-0.2, 0) is 17.3 Å². The van der Waals surface area contributed by atoms with Crippen molar-refractivity contribution in [2.45, 2.75) is 57.4 Å². The number of thiophene rings is 1. The number of aliphatic imine (C=N–C) groups is 1. The number of guanidine groups is 1. The van der Waals surface area contributed by atoms with Crippen molar-refractivity contribution in [1.82, 2.24) is 10.6 Å². The molecule has 0 amide bonds. The van der Waals surface area contributed by atoms with E-state index in [2.05, 4.69) is 40.1 Å². The van der Waals surface area contributed by atoms with Crippen LogP contribution in [0.4, 0.5) is 0 Å². The number of halogens is 1. The zero-order valence-electron chi connectivity index (χ0n) is 13.9. The predicted molar refractivity (Wildman–Crippen MR) is 112 cm³/mol. The molecular formula is C16H28IN3OS2. The van der Waals surface area contributed by atoms with Crippen molar-refractivity contribution < 1.29 is 4.21 Å². The first kappa shape index (κ1) is 20.9. The van der Waals surface area contributed by atoms with Crippen LogP contribution in [0.25, 0.3) is 0 Å². The molecule has 1 aromatic rings. The number of hydrogen-bond acceptors (Lipinski definition) is 3. The second-order valence-electron chi connectivity index (χ2n) is 5.57. The molecule has 1 heterocycles. The van der Waals surface area contributed by atoms with E-state index in [0.717, 1.165) is 43.9 Å². The fraction of sp³-hybridized carbons (Fsp3) is 0.688. The van der Waals surface area contributed by atoms with Crippen molar-refractivity contribution in [3.63, 3.8) is 0 Å². The van der Waals surface area contributed by atoms with Gasteiger partial charge in [-0.25, -0.2) is 4.99 Å². The first-order valence-corrected chi connectivity index (χ1v) is 10.4. The Hall–Kier alpha value is -0.150. The molecule has 0 saturated heterocycles. The number of rotatable bonds is 6. The lowest BCUT2D eigenvalue weighted by Crippen LogP contribution is -2.46. The van der Waals surface area contributed by atoms with Crippen molar-refractivity contribution in [3.05, 3.63) is 22.4 Å². The van der Waals surface area contributed by atoms with Gasteiger partial charge in [0.05, 0.1) is 6.54 Å². The van der Waals surface area contributed by atoms with Gasteiger partial charge in [0.25, 0.3) is 0 Å². The van der Waals surface area contributed by atoms with Crippen LogP contribution in [0.5, 0.6) is 0 Å². The lowest BCUT2D eigenvalue weighted by molar-refractivity contribution is 0.413. The summed E-state index contributed by atoms with van der Waals surface area (Å²) in [5.74, 6) is 1.65. The van der Waals surface area contributed by atoms with E-state index in [4.69, 9.17) is 0 Å². The highest BCUT2D eigenvalue weighted by atomic mass is 127. The Kier molecular flexibility index (Phi) is 10.4. The summed E-state index contributed by atoms with van der Waals surface area (Å²) in [7, 11) is -0.679. The van der Waals surface area contributed by atoms with Crippen LogP contribution in [0.15, 0.2) is 22.5 Å². The highest BCUT2D eigenvalue weighted by Crippen LogP contribution is 2.23. The minimum Gasteiger partial charge on any atom is -0.357 e. The molecule has 1 aliphatic carbocycles. The van der Waals surface area contributed by atoms with Crippen molar-refractivity contribution >= 4 is 52.1 Å². The molecule has 23 heavy (non-hydrogen) atoms. The minimum absolute atomic E-state index is 0.